The average molecular weight is 154 g/mol. The van der Waals surface area contributed by atoms with Crippen LogP contribution < -0.4 is 0 Å². The van der Waals surface area contributed by atoms with Gasteiger partial charge in [-0.15, -0.1) is 0 Å². The molecule has 0 aliphatic rings. The van der Waals surface area contributed by atoms with E-state index < -0.39 is 0 Å². The molecule has 2 nitrogen and oxygen atoms in total. The number of hydrogen-bond acceptors (Lipinski definition) is 3. The lowest BCUT2D eigenvalue weighted by atomic mass is 10.3. The smallest absolute Gasteiger partial charge is 0.187 e. The molecule has 0 atom stereocenters. The van der Waals surface area contributed by atoms with Crippen LogP contribution in [0.25, 0.3) is 0 Å². The Balaban J connectivity index is 3.04. The first-order valence-corrected chi connectivity index (χ1v) is 4.30. The maximum absolute atomic E-state index is 4.24. The Bertz CT molecular complexity index is 235. The zero-order valence-corrected chi connectivity index (χ0v) is 7.20. The average Bonchev–Trinajstić information content (AvgIpc) is 1.95. The molecule has 1 aromatic rings. The molecule has 1 rings (SSSR count). The van der Waals surface area contributed by atoms with Crippen LogP contribution in [0, 0.1) is 13.8 Å². The van der Waals surface area contributed by atoms with E-state index in [9.17, 15) is 0 Å². The largest absolute Gasteiger partial charge is 0.231 e. The topological polar surface area (TPSA) is 25.8 Å². The summed E-state index contributed by atoms with van der Waals surface area (Å²) in [4.78, 5) is 8.35. The van der Waals surface area contributed by atoms with Gasteiger partial charge in [0.25, 0.3) is 0 Å². The second-order valence-corrected chi connectivity index (χ2v) is 2.90. The summed E-state index contributed by atoms with van der Waals surface area (Å²) in [5.74, 6) is 0. The lowest BCUT2D eigenvalue weighted by molar-refractivity contribution is 0.915. The standard InChI is InChI=1S/C7H10N2S/c1-5-4-8-7(10-3)9-6(5)2/h4H,1-3H3. The van der Waals surface area contributed by atoms with Crippen molar-refractivity contribution in [1.82, 2.24) is 9.97 Å². The first-order valence-electron chi connectivity index (χ1n) is 3.08. The molecule has 0 unspecified atom stereocenters. The minimum Gasteiger partial charge on any atom is -0.231 e. The third kappa shape index (κ3) is 1.48. The third-order valence-electron chi connectivity index (χ3n) is 1.39. The van der Waals surface area contributed by atoms with Gasteiger partial charge in [-0.05, 0) is 25.7 Å². The van der Waals surface area contributed by atoms with Gasteiger partial charge < -0.3 is 0 Å². The summed E-state index contributed by atoms with van der Waals surface area (Å²) in [5.41, 5.74) is 2.22. The highest BCUT2D eigenvalue weighted by molar-refractivity contribution is 7.98. The van der Waals surface area contributed by atoms with Crippen molar-refractivity contribution in [3.8, 4) is 0 Å². The van der Waals surface area contributed by atoms with E-state index in [1.54, 1.807) is 11.8 Å². The van der Waals surface area contributed by atoms with Crippen molar-refractivity contribution in [3.05, 3.63) is 17.5 Å². The summed E-state index contributed by atoms with van der Waals surface area (Å²) in [6.45, 7) is 4.01. The molecule has 0 N–H and O–H groups in total. The normalized spacial score (nSPS) is 9.90. The van der Waals surface area contributed by atoms with Crippen LogP contribution in [0.5, 0.6) is 0 Å². The molecule has 54 valence electrons. The molecule has 0 radical (unpaired) electrons. The first kappa shape index (κ1) is 7.54. The molecule has 0 bridgehead atoms. The van der Waals surface area contributed by atoms with Gasteiger partial charge in [-0.2, -0.15) is 0 Å². The van der Waals surface area contributed by atoms with Gasteiger partial charge in [0.1, 0.15) is 0 Å². The number of rotatable bonds is 1. The molecule has 0 aliphatic heterocycles. The molecule has 0 aliphatic carbocycles. The highest BCUT2D eigenvalue weighted by atomic mass is 32.2. The zero-order chi connectivity index (χ0) is 7.56. The van der Waals surface area contributed by atoms with Gasteiger partial charge in [0.15, 0.2) is 5.16 Å². The van der Waals surface area contributed by atoms with Gasteiger partial charge in [-0.1, -0.05) is 11.8 Å². The SMILES string of the molecule is CSc1ncc(C)c(C)n1. The Kier molecular flexibility index (Phi) is 2.27. The highest BCUT2D eigenvalue weighted by Gasteiger charge is 1.95. The van der Waals surface area contributed by atoms with Crippen LogP contribution in [0.3, 0.4) is 0 Å². The summed E-state index contributed by atoms with van der Waals surface area (Å²) in [6, 6.07) is 0. The van der Waals surface area contributed by atoms with E-state index >= 15 is 0 Å². The number of aryl methyl sites for hydroxylation is 2. The van der Waals surface area contributed by atoms with Gasteiger partial charge in [-0.25, -0.2) is 9.97 Å². The van der Waals surface area contributed by atoms with Crippen molar-refractivity contribution in [2.45, 2.75) is 19.0 Å². The summed E-state index contributed by atoms with van der Waals surface area (Å²) in [6.07, 6.45) is 3.83. The van der Waals surface area contributed by atoms with Crippen LogP contribution in [-0.2, 0) is 0 Å². The fourth-order valence-electron chi connectivity index (χ4n) is 0.604. The predicted molar refractivity (Wildman–Crippen MR) is 43.3 cm³/mol. The second kappa shape index (κ2) is 3.01. The summed E-state index contributed by atoms with van der Waals surface area (Å²) < 4.78 is 0. The fraction of sp³-hybridized carbons (Fsp3) is 0.429. The maximum Gasteiger partial charge on any atom is 0.187 e. The number of hydrogen-bond donors (Lipinski definition) is 0. The van der Waals surface area contributed by atoms with Gasteiger partial charge in [0, 0.05) is 11.9 Å². The van der Waals surface area contributed by atoms with E-state index in [2.05, 4.69) is 9.97 Å². The van der Waals surface area contributed by atoms with E-state index in [1.807, 2.05) is 26.3 Å². The van der Waals surface area contributed by atoms with Crippen LogP contribution in [0.4, 0.5) is 0 Å². The van der Waals surface area contributed by atoms with E-state index in [0.717, 1.165) is 16.4 Å². The fourth-order valence-corrected chi connectivity index (χ4v) is 0.991. The molecule has 1 aromatic heterocycles. The lowest BCUT2D eigenvalue weighted by Gasteiger charge is -1.98. The van der Waals surface area contributed by atoms with E-state index in [1.165, 1.54) is 0 Å². The first-order chi connectivity index (χ1) is 4.74. The molecule has 0 aromatic carbocycles. The monoisotopic (exact) mass is 154 g/mol. The van der Waals surface area contributed by atoms with Gasteiger partial charge in [-0.3, -0.25) is 0 Å². The van der Waals surface area contributed by atoms with Crippen molar-refractivity contribution in [2.75, 3.05) is 6.26 Å². The molecule has 3 heteroatoms. The molecule has 0 fully saturated rings. The number of thioether (sulfide) groups is 1. The quantitative estimate of drug-likeness (QED) is 0.456. The molecule has 10 heavy (non-hydrogen) atoms. The van der Waals surface area contributed by atoms with Crippen molar-refractivity contribution >= 4 is 11.8 Å². The Morgan fingerprint density at radius 3 is 2.60 bits per heavy atom. The van der Waals surface area contributed by atoms with E-state index in [-0.39, 0.29) is 0 Å². The number of aromatic nitrogens is 2. The lowest BCUT2D eigenvalue weighted by Crippen LogP contribution is -1.91. The van der Waals surface area contributed by atoms with Crippen LogP contribution in [0.15, 0.2) is 11.4 Å². The van der Waals surface area contributed by atoms with Crippen LogP contribution in [0.1, 0.15) is 11.3 Å². The molecule has 0 spiro atoms. The Labute approximate surface area is 65.1 Å². The Morgan fingerprint density at radius 2 is 2.10 bits per heavy atom. The van der Waals surface area contributed by atoms with Gasteiger partial charge in [0.2, 0.25) is 0 Å². The maximum atomic E-state index is 4.24. The molecule has 0 amide bonds. The van der Waals surface area contributed by atoms with Crippen molar-refractivity contribution in [2.24, 2.45) is 0 Å². The molecule has 0 saturated heterocycles. The predicted octanol–water partition coefficient (Wildman–Crippen LogP) is 1.82. The highest BCUT2D eigenvalue weighted by Crippen LogP contribution is 2.09. The molecule has 1 heterocycles. The summed E-state index contributed by atoms with van der Waals surface area (Å²) >= 11 is 1.57. The molecular formula is C7H10N2S. The van der Waals surface area contributed by atoms with Gasteiger partial charge >= 0.3 is 0 Å². The van der Waals surface area contributed by atoms with Crippen molar-refractivity contribution < 1.29 is 0 Å². The van der Waals surface area contributed by atoms with E-state index in [4.69, 9.17) is 0 Å². The molecular weight excluding hydrogens is 144 g/mol. The van der Waals surface area contributed by atoms with Crippen LogP contribution in [-0.4, -0.2) is 16.2 Å². The second-order valence-electron chi connectivity index (χ2n) is 2.13. The number of nitrogens with zero attached hydrogens (tertiary/aromatic N) is 2. The Morgan fingerprint density at radius 1 is 1.40 bits per heavy atom. The third-order valence-corrected chi connectivity index (χ3v) is 1.95. The van der Waals surface area contributed by atoms with Crippen molar-refractivity contribution in [3.63, 3.8) is 0 Å². The Hall–Kier alpha value is -0.570. The van der Waals surface area contributed by atoms with Gasteiger partial charge in [0.05, 0.1) is 0 Å². The summed E-state index contributed by atoms with van der Waals surface area (Å²) in [5, 5.41) is 0.850. The molecule has 0 saturated carbocycles. The minimum atomic E-state index is 0.850. The minimum absolute atomic E-state index is 0.850. The van der Waals surface area contributed by atoms with Crippen LogP contribution in [0.2, 0.25) is 0 Å². The summed E-state index contributed by atoms with van der Waals surface area (Å²) in [7, 11) is 0. The van der Waals surface area contributed by atoms with Crippen LogP contribution >= 0.6 is 11.8 Å². The van der Waals surface area contributed by atoms with Crippen molar-refractivity contribution in [1.29, 1.82) is 0 Å². The van der Waals surface area contributed by atoms with E-state index in [0.29, 0.717) is 0 Å². The zero-order valence-electron chi connectivity index (χ0n) is 6.38.